The third-order valence-corrected chi connectivity index (χ3v) is 4.56. The second kappa shape index (κ2) is 10.8. The third-order valence-electron chi connectivity index (χ3n) is 4.56. The first kappa shape index (κ1) is 21.9. The number of nitrogens with one attached hydrogen (secondary N) is 1. The molecule has 2 amide bonds. The zero-order valence-electron chi connectivity index (χ0n) is 17.4. The van der Waals surface area contributed by atoms with E-state index in [4.69, 9.17) is 14.2 Å². The van der Waals surface area contributed by atoms with E-state index in [0.29, 0.717) is 42.6 Å². The summed E-state index contributed by atoms with van der Waals surface area (Å²) in [6, 6.07) is 2.66. The number of carbonyl (C=O) groups is 2. The number of piperidine rings is 1. The molecule has 0 aromatic heterocycles. The smallest absolute Gasteiger partial charge is 0.252 e. The maximum Gasteiger partial charge on any atom is 0.252 e. The van der Waals surface area contributed by atoms with Gasteiger partial charge in [-0.1, -0.05) is 0 Å². The molecule has 0 spiro atoms. The van der Waals surface area contributed by atoms with Gasteiger partial charge in [0.25, 0.3) is 5.91 Å². The number of hydrogen-bond donors (Lipinski definition) is 1. The summed E-state index contributed by atoms with van der Waals surface area (Å²) in [7, 11) is 0. The summed E-state index contributed by atoms with van der Waals surface area (Å²) in [4.78, 5) is 27.2. The Labute approximate surface area is 167 Å². The minimum absolute atomic E-state index is 0.0472. The van der Waals surface area contributed by atoms with Gasteiger partial charge in [0.15, 0.2) is 11.5 Å². The van der Waals surface area contributed by atoms with Crippen LogP contribution < -0.4 is 19.5 Å². The summed E-state index contributed by atoms with van der Waals surface area (Å²) < 4.78 is 17.0. The lowest BCUT2D eigenvalue weighted by Crippen LogP contribution is -2.48. The summed E-state index contributed by atoms with van der Waals surface area (Å²) in [6.07, 6.45) is 3.18. The average Bonchev–Trinajstić information content (AvgIpc) is 2.70. The number of nitrogens with zero attached hydrogens (tertiary/aromatic N) is 1. The highest BCUT2D eigenvalue weighted by molar-refractivity contribution is 5.98. The number of benzene rings is 1. The summed E-state index contributed by atoms with van der Waals surface area (Å²) in [5.74, 6) is 1.00. The number of amides is 2. The maximum absolute atomic E-state index is 12.8. The minimum Gasteiger partial charge on any atom is -0.490 e. The third kappa shape index (κ3) is 5.53. The summed E-state index contributed by atoms with van der Waals surface area (Å²) in [6.45, 7) is 10.1. The average molecular weight is 392 g/mol. The fraction of sp³-hybridized carbons (Fsp3) is 0.619. The lowest BCUT2D eigenvalue weighted by Gasteiger charge is -2.29. The number of likely N-dealkylation sites (tertiary alicyclic amines) is 1. The van der Waals surface area contributed by atoms with Gasteiger partial charge in [-0.2, -0.15) is 0 Å². The number of hydrogen-bond acceptors (Lipinski definition) is 5. The van der Waals surface area contributed by atoms with Crippen LogP contribution in [0.1, 0.15) is 57.3 Å². The number of rotatable bonds is 9. The van der Waals surface area contributed by atoms with Gasteiger partial charge in [0.2, 0.25) is 11.7 Å². The molecule has 0 unspecified atom stereocenters. The zero-order valence-corrected chi connectivity index (χ0v) is 17.4. The first-order chi connectivity index (χ1) is 13.5. The molecule has 0 radical (unpaired) electrons. The Morgan fingerprint density at radius 1 is 0.964 bits per heavy atom. The van der Waals surface area contributed by atoms with Crippen molar-refractivity contribution in [3.8, 4) is 17.2 Å². The molecule has 7 nitrogen and oxygen atoms in total. The van der Waals surface area contributed by atoms with Gasteiger partial charge in [-0.25, -0.2) is 0 Å². The molecular formula is C21H32N2O5. The molecule has 1 aliphatic rings. The molecule has 2 rings (SSSR count). The Morgan fingerprint density at radius 3 is 2.00 bits per heavy atom. The molecule has 1 fully saturated rings. The largest absolute Gasteiger partial charge is 0.490 e. The van der Waals surface area contributed by atoms with Crippen LogP contribution in [0.3, 0.4) is 0 Å². The van der Waals surface area contributed by atoms with Gasteiger partial charge in [-0.15, -0.1) is 0 Å². The van der Waals surface area contributed by atoms with E-state index in [1.54, 1.807) is 19.1 Å². The van der Waals surface area contributed by atoms with Crippen LogP contribution in [0.15, 0.2) is 12.1 Å². The Kier molecular flexibility index (Phi) is 8.42. The second-order valence-corrected chi connectivity index (χ2v) is 6.68. The molecule has 28 heavy (non-hydrogen) atoms. The molecule has 1 aliphatic heterocycles. The van der Waals surface area contributed by atoms with Gasteiger partial charge < -0.3 is 24.4 Å². The number of ether oxygens (including phenoxy) is 3. The van der Waals surface area contributed by atoms with E-state index in [-0.39, 0.29) is 11.8 Å². The van der Waals surface area contributed by atoms with Crippen LogP contribution >= 0.6 is 0 Å². The Bertz CT molecular complexity index is 644. The molecule has 1 N–H and O–H groups in total. The van der Waals surface area contributed by atoms with Crippen LogP contribution in [-0.2, 0) is 4.79 Å². The van der Waals surface area contributed by atoms with Crippen molar-refractivity contribution in [2.24, 2.45) is 0 Å². The van der Waals surface area contributed by atoms with Crippen LogP contribution in [0.25, 0.3) is 0 Å². The predicted molar refractivity (Wildman–Crippen MR) is 107 cm³/mol. The van der Waals surface area contributed by atoms with Crippen LogP contribution in [0.4, 0.5) is 0 Å². The van der Waals surface area contributed by atoms with Crippen LogP contribution in [0.2, 0.25) is 0 Å². The molecule has 0 bridgehead atoms. The number of carbonyl (C=O) groups excluding carboxylic acids is 2. The summed E-state index contributed by atoms with van der Waals surface area (Å²) in [5.41, 5.74) is 0.369. The van der Waals surface area contributed by atoms with Gasteiger partial charge in [0.05, 0.1) is 19.8 Å². The molecule has 1 aromatic carbocycles. The van der Waals surface area contributed by atoms with Crippen LogP contribution in [0, 0.1) is 0 Å². The Hall–Kier alpha value is -2.44. The van der Waals surface area contributed by atoms with Crippen molar-refractivity contribution >= 4 is 11.8 Å². The highest BCUT2D eigenvalue weighted by Crippen LogP contribution is 2.39. The van der Waals surface area contributed by atoms with Crippen molar-refractivity contribution in [1.82, 2.24) is 10.2 Å². The molecule has 0 aliphatic carbocycles. The molecule has 7 heteroatoms. The first-order valence-corrected chi connectivity index (χ1v) is 10.2. The van der Waals surface area contributed by atoms with Gasteiger partial charge >= 0.3 is 0 Å². The molecule has 0 saturated carbocycles. The van der Waals surface area contributed by atoms with E-state index in [0.717, 1.165) is 32.4 Å². The van der Waals surface area contributed by atoms with Gasteiger partial charge in [-0.3, -0.25) is 9.59 Å². The SMILES string of the molecule is CCOc1cc(C(=O)N[C@@H](C)C(=O)N2CCCCC2)cc(OCC)c1OCC. The van der Waals surface area contributed by atoms with Crippen molar-refractivity contribution in [1.29, 1.82) is 0 Å². The lowest BCUT2D eigenvalue weighted by atomic mass is 10.1. The zero-order chi connectivity index (χ0) is 20.5. The van der Waals surface area contributed by atoms with Gasteiger partial charge in [-0.05, 0) is 59.1 Å². The van der Waals surface area contributed by atoms with Crippen molar-refractivity contribution in [3.63, 3.8) is 0 Å². The molecule has 1 aromatic rings. The van der Waals surface area contributed by atoms with E-state index in [1.165, 1.54) is 0 Å². The normalized spacial score (nSPS) is 14.9. The standard InChI is InChI=1S/C21H32N2O5/c1-5-26-17-13-16(14-18(27-6-2)19(17)28-7-3)20(24)22-15(4)21(25)23-11-9-8-10-12-23/h13-15H,5-12H2,1-4H3,(H,22,24)/t15-/m0/s1. The molecule has 156 valence electrons. The molecule has 1 heterocycles. The fourth-order valence-corrected chi connectivity index (χ4v) is 3.25. The second-order valence-electron chi connectivity index (χ2n) is 6.68. The van der Waals surface area contributed by atoms with Crippen molar-refractivity contribution < 1.29 is 23.8 Å². The predicted octanol–water partition coefficient (Wildman–Crippen LogP) is 3.01. The van der Waals surface area contributed by atoms with E-state index in [1.807, 2.05) is 25.7 Å². The van der Waals surface area contributed by atoms with Crippen molar-refractivity contribution in [2.75, 3.05) is 32.9 Å². The summed E-state index contributed by atoms with van der Waals surface area (Å²) in [5, 5.41) is 2.80. The highest BCUT2D eigenvalue weighted by Gasteiger charge is 2.25. The van der Waals surface area contributed by atoms with E-state index < -0.39 is 6.04 Å². The van der Waals surface area contributed by atoms with Gasteiger partial charge in [0, 0.05) is 18.7 Å². The molecular weight excluding hydrogens is 360 g/mol. The molecule has 1 atom stereocenters. The topological polar surface area (TPSA) is 77.1 Å². The summed E-state index contributed by atoms with van der Waals surface area (Å²) >= 11 is 0. The van der Waals surface area contributed by atoms with Crippen LogP contribution in [0.5, 0.6) is 17.2 Å². The van der Waals surface area contributed by atoms with Crippen molar-refractivity contribution in [2.45, 2.75) is 53.0 Å². The first-order valence-electron chi connectivity index (χ1n) is 10.2. The lowest BCUT2D eigenvalue weighted by molar-refractivity contribution is -0.133. The minimum atomic E-state index is -0.594. The van der Waals surface area contributed by atoms with E-state index in [2.05, 4.69) is 5.32 Å². The highest BCUT2D eigenvalue weighted by atomic mass is 16.5. The van der Waals surface area contributed by atoms with Gasteiger partial charge in [0.1, 0.15) is 6.04 Å². The van der Waals surface area contributed by atoms with Crippen LogP contribution in [-0.4, -0.2) is 55.7 Å². The fourth-order valence-electron chi connectivity index (χ4n) is 3.25. The monoisotopic (exact) mass is 392 g/mol. The Balaban J connectivity index is 2.19. The maximum atomic E-state index is 12.8. The van der Waals surface area contributed by atoms with E-state index >= 15 is 0 Å². The Morgan fingerprint density at radius 2 is 1.50 bits per heavy atom. The van der Waals surface area contributed by atoms with Crippen molar-refractivity contribution in [3.05, 3.63) is 17.7 Å². The molecule has 1 saturated heterocycles. The van der Waals surface area contributed by atoms with E-state index in [9.17, 15) is 9.59 Å². The quantitative estimate of drug-likeness (QED) is 0.699.